The first-order chi connectivity index (χ1) is 10.8. The Morgan fingerprint density at radius 2 is 1.48 bits per heavy atom. The molecule has 0 N–H and O–H groups in total. The Morgan fingerprint density at radius 3 is 2.04 bits per heavy atom. The molecule has 23 heavy (non-hydrogen) atoms. The minimum atomic E-state index is -0.981. The molecule has 2 aliphatic heterocycles. The largest absolute Gasteiger partial charge is 0.463 e. The average molecular weight is 332 g/mol. The molecule has 0 amide bonds. The number of esters is 3. The highest BCUT2D eigenvalue weighted by molar-refractivity contribution is 5.67. The fourth-order valence-electron chi connectivity index (χ4n) is 2.57. The summed E-state index contributed by atoms with van der Waals surface area (Å²) in [4.78, 5) is 33.8. The van der Waals surface area contributed by atoms with Crippen molar-refractivity contribution in [2.75, 3.05) is 6.61 Å². The molecule has 6 unspecified atom stereocenters. The highest BCUT2D eigenvalue weighted by Gasteiger charge is 2.55. The molecule has 6 atom stereocenters. The topological polar surface area (TPSA) is 107 Å². The van der Waals surface area contributed by atoms with E-state index in [1.807, 2.05) is 0 Å². The lowest BCUT2D eigenvalue weighted by Gasteiger charge is -2.40. The third kappa shape index (κ3) is 4.40. The molecule has 0 aromatic rings. The molecule has 9 nitrogen and oxygen atoms in total. The molecule has 2 rings (SSSR count). The molecule has 2 aliphatic rings. The van der Waals surface area contributed by atoms with Crippen LogP contribution in [0.2, 0.25) is 0 Å². The van der Waals surface area contributed by atoms with Crippen LogP contribution in [0.1, 0.15) is 27.7 Å². The lowest BCUT2D eigenvalue weighted by atomic mass is 9.98. The van der Waals surface area contributed by atoms with Crippen LogP contribution in [0.4, 0.5) is 0 Å². The maximum atomic E-state index is 11.4. The van der Waals surface area contributed by atoms with Crippen molar-refractivity contribution in [1.29, 1.82) is 0 Å². The van der Waals surface area contributed by atoms with E-state index in [9.17, 15) is 14.4 Å². The number of carbonyl (C=O) groups is 3. The summed E-state index contributed by atoms with van der Waals surface area (Å²) < 4.78 is 32.1. The van der Waals surface area contributed by atoms with Crippen molar-refractivity contribution in [3.8, 4) is 0 Å². The zero-order valence-corrected chi connectivity index (χ0v) is 13.3. The lowest BCUT2D eigenvalue weighted by Crippen LogP contribution is -2.60. The fourth-order valence-corrected chi connectivity index (χ4v) is 2.57. The summed E-state index contributed by atoms with van der Waals surface area (Å²) in [7, 11) is 0. The first-order valence-corrected chi connectivity index (χ1v) is 7.22. The van der Waals surface area contributed by atoms with Gasteiger partial charge in [-0.25, -0.2) is 0 Å². The van der Waals surface area contributed by atoms with Crippen LogP contribution in [0, 0.1) is 0 Å². The smallest absolute Gasteiger partial charge is 0.303 e. The van der Waals surface area contributed by atoms with Crippen molar-refractivity contribution in [3.63, 3.8) is 0 Å². The summed E-state index contributed by atoms with van der Waals surface area (Å²) in [5, 5.41) is 0. The first-order valence-electron chi connectivity index (χ1n) is 7.22. The van der Waals surface area contributed by atoms with Gasteiger partial charge in [0.05, 0.1) is 0 Å². The Morgan fingerprint density at radius 1 is 0.870 bits per heavy atom. The molecule has 2 heterocycles. The highest BCUT2D eigenvalue weighted by Crippen LogP contribution is 2.34. The van der Waals surface area contributed by atoms with Crippen LogP contribution in [-0.2, 0) is 42.8 Å². The van der Waals surface area contributed by atoms with Crippen LogP contribution in [0.15, 0.2) is 0 Å². The van der Waals surface area contributed by atoms with Gasteiger partial charge in [-0.05, 0) is 6.92 Å². The van der Waals surface area contributed by atoms with Gasteiger partial charge in [0.15, 0.2) is 30.9 Å². The van der Waals surface area contributed by atoms with E-state index in [1.165, 1.54) is 20.8 Å². The molecule has 9 heteroatoms. The van der Waals surface area contributed by atoms with Crippen molar-refractivity contribution in [2.45, 2.75) is 64.7 Å². The molecular formula is C14H20O9. The van der Waals surface area contributed by atoms with E-state index in [2.05, 4.69) is 0 Å². The van der Waals surface area contributed by atoms with E-state index in [0.29, 0.717) is 0 Å². The van der Waals surface area contributed by atoms with E-state index >= 15 is 0 Å². The van der Waals surface area contributed by atoms with Gasteiger partial charge in [0.25, 0.3) is 0 Å². The summed E-state index contributed by atoms with van der Waals surface area (Å²) >= 11 is 0. The SMILES string of the molecule is CC(=O)OCC1OC2OC(C)OC2C(OC(C)=O)C1OC(C)=O. The Labute approximate surface area is 133 Å². The maximum absolute atomic E-state index is 11.4. The van der Waals surface area contributed by atoms with Crippen LogP contribution in [0.25, 0.3) is 0 Å². The van der Waals surface area contributed by atoms with Gasteiger partial charge >= 0.3 is 17.9 Å². The summed E-state index contributed by atoms with van der Waals surface area (Å²) in [6.07, 6.45) is -4.89. The van der Waals surface area contributed by atoms with Crippen LogP contribution in [-0.4, -0.2) is 61.5 Å². The molecule has 0 spiro atoms. The van der Waals surface area contributed by atoms with Crippen LogP contribution in [0.3, 0.4) is 0 Å². The van der Waals surface area contributed by atoms with Gasteiger partial charge in [0.1, 0.15) is 12.7 Å². The molecule has 130 valence electrons. The predicted molar refractivity (Wildman–Crippen MR) is 71.8 cm³/mol. The summed E-state index contributed by atoms with van der Waals surface area (Å²) in [6, 6.07) is 0. The Kier molecular flexibility index (Phi) is 5.55. The van der Waals surface area contributed by atoms with E-state index in [-0.39, 0.29) is 6.61 Å². The first kappa shape index (κ1) is 17.6. The third-order valence-electron chi connectivity index (χ3n) is 3.32. The van der Waals surface area contributed by atoms with Gasteiger partial charge in [-0.1, -0.05) is 0 Å². The molecule has 0 radical (unpaired) electrons. The average Bonchev–Trinajstić information content (AvgIpc) is 2.78. The molecule has 0 aromatic heterocycles. The third-order valence-corrected chi connectivity index (χ3v) is 3.32. The highest BCUT2D eigenvalue weighted by atomic mass is 16.8. The van der Waals surface area contributed by atoms with E-state index in [1.54, 1.807) is 6.92 Å². The minimum absolute atomic E-state index is 0.175. The Hall–Kier alpha value is -1.71. The van der Waals surface area contributed by atoms with Gasteiger partial charge in [-0.2, -0.15) is 0 Å². The van der Waals surface area contributed by atoms with E-state index in [4.69, 9.17) is 28.4 Å². The zero-order valence-electron chi connectivity index (χ0n) is 13.3. The van der Waals surface area contributed by atoms with Crippen LogP contribution in [0.5, 0.6) is 0 Å². The number of ether oxygens (including phenoxy) is 6. The quantitative estimate of drug-likeness (QED) is 0.515. The fraction of sp³-hybridized carbons (Fsp3) is 0.786. The van der Waals surface area contributed by atoms with Gasteiger partial charge < -0.3 is 28.4 Å². The van der Waals surface area contributed by atoms with Crippen molar-refractivity contribution in [2.24, 2.45) is 0 Å². The van der Waals surface area contributed by atoms with Gasteiger partial charge in [-0.15, -0.1) is 0 Å². The molecular weight excluding hydrogens is 312 g/mol. The predicted octanol–water partition coefficient (Wildman–Crippen LogP) is -0.101. The van der Waals surface area contributed by atoms with Crippen molar-refractivity contribution < 1.29 is 42.8 Å². The van der Waals surface area contributed by atoms with Crippen LogP contribution >= 0.6 is 0 Å². The minimum Gasteiger partial charge on any atom is -0.463 e. The molecule has 2 fully saturated rings. The van der Waals surface area contributed by atoms with Crippen molar-refractivity contribution in [1.82, 2.24) is 0 Å². The summed E-state index contributed by atoms with van der Waals surface area (Å²) in [5.74, 6) is -1.67. The normalized spacial score (nSPS) is 36.0. The van der Waals surface area contributed by atoms with E-state index in [0.717, 1.165) is 0 Å². The van der Waals surface area contributed by atoms with Gasteiger partial charge in [0.2, 0.25) is 0 Å². The molecule has 0 aromatic carbocycles. The Bertz CT molecular complexity index is 477. The number of carbonyl (C=O) groups excluding carboxylic acids is 3. The summed E-state index contributed by atoms with van der Waals surface area (Å²) in [5.41, 5.74) is 0. The number of rotatable bonds is 4. The number of hydrogen-bond acceptors (Lipinski definition) is 9. The van der Waals surface area contributed by atoms with Crippen LogP contribution < -0.4 is 0 Å². The number of fused-ring (bicyclic) bond motifs is 1. The second kappa shape index (κ2) is 7.24. The standard InChI is InChI=1S/C14H20O9/c1-6(15)18-5-10-11(19-7(2)16)12(20-8(3)17)13-14(23-10)22-9(4)21-13/h9-14H,5H2,1-4H3. The van der Waals surface area contributed by atoms with Crippen molar-refractivity contribution in [3.05, 3.63) is 0 Å². The van der Waals surface area contributed by atoms with E-state index < -0.39 is 54.9 Å². The maximum Gasteiger partial charge on any atom is 0.303 e. The number of hydrogen-bond donors (Lipinski definition) is 0. The molecule has 2 saturated heterocycles. The molecule has 0 aliphatic carbocycles. The molecule has 0 bridgehead atoms. The monoisotopic (exact) mass is 332 g/mol. The second-order valence-electron chi connectivity index (χ2n) is 5.30. The Balaban J connectivity index is 2.23. The second-order valence-corrected chi connectivity index (χ2v) is 5.30. The zero-order chi connectivity index (χ0) is 17.1. The summed E-state index contributed by atoms with van der Waals surface area (Å²) in [6.45, 7) is 5.18. The lowest BCUT2D eigenvalue weighted by molar-refractivity contribution is -0.264. The molecule has 0 saturated carbocycles. The van der Waals surface area contributed by atoms with Crippen molar-refractivity contribution >= 4 is 17.9 Å². The van der Waals surface area contributed by atoms with Gasteiger partial charge in [0, 0.05) is 20.8 Å². The van der Waals surface area contributed by atoms with Gasteiger partial charge in [-0.3, -0.25) is 14.4 Å².